The highest BCUT2D eigenvalue weighted by molar-refractivity contribution is 7.88. The first-order chi connectivity index (χ1) is 13.6. The first kappa shape index (κ1) is 20.9. The Labute approximate surface area is 164 Å². The van der Waals surface area contributed by atoms with E-state index in [1.807, 2.05) is 0 Å². The number of hydrogen-bond donors (Lipinski definition) is 0. The standard InChI is InChI=1S/C18H16F3NO6S/c19-18(20,21)29(25,26)28-15-6-5-12-9-14(4-3-13(12)10-15)16(23)11-27-17(24)22-7-1-2-8-22/h3-6,9-10H,1-2,7-8,11H2. The van der Waals surface area contributed by atoms with Gasteiger partial charge in [0.15, 0.2) is 12.4 Å². The van der Waals surface area contributed by atoms with Crippen LogP contribution in [0.3, 0.4) is 0 Å². The third kappa shape index (κ3) is 4.78. The fraction of sp³-hybridized carbons (Fsp3) is 0.333. The summed E-state index contributed by atoms with van der Waals surface area (Å²) in [7, 11) is -5.77. The predicted molar refractivity (Wildman–Crippen MR) is 96.0 cm³/mol. The van der Waals surface area contributed by atoms with E-state index in [2.05, 4.69) is 4.18 Å². The first-order valence-electron chi connectivity index (χ1n) is 8.56. The predicted octanol–water partition coefficient (Wildman–Crippen LogP) is 3.48. The third-order valence-electron chi connectivity index (χ3n) is 4.31. The lowest BCUT2D eigenvalue weighted by molar-refractivity contribution is -0.0500. The molecule has 1 saturated heterocycles. The summed E-state index contributed by atoms with van der Waals surface area (Å²) in [4.78, 5) is 25.6. The number of halogens is 3. The van der Waals surface area contributed by atoms with Gasteiger partial charge in [-0.3, -0.25) is 4.79 Å². The Morgan fingerprint density at radius 2 is 1.62 bits per heavy atom. The van der Waals surface area contributed by atoms with Crippen LogP contribution in [0.25, 0.3) is 10.8 Å². The minimum atomic E-state index is -5.77. The number of ketones is 1. The second kappa shape index (κ2) is 7.90. The van der Waals surface area contributed by atoms with E-state index in [0.717, 1.165) is 25.0 Å². The summed E-state index contributed by atoms with van der Waals surface area (Å²) >= 11 is 0. The van der Waals surface area contributed by atoms with Crippen LogP contribution in [0.2, 0.25) is 0 Å². The number of likely N-dealkylation sites (tertiary alicyclic amines) is 1. The Bertz CT molecular complexity index is 1050. The molecule has 0 bridgehead atoms. The van der Waals surface area contributed by atoms with Crippen molar-refractivity contribution in [1.82, 2.24) is 4.90 Å². The molecule has 1 aliphatic rings. The highest BCUT2D eigenvalue weighted by Crippen LogP contribution is 2.29. The molecule has 1 heterocycles. The molecule has 29 heavy (non-hydrogen) atoms. The fourth-order valence-corrected chi connectivity index (χ4v) is 3.28. The van der Waals surface area contributed by atoms with E-state index in [1.54, 1.807) is 0 Å². The Kier molecular flexibility index (Phi) is 5.69. The van der Waals surface area contributed by atoms with Gasteiger partial charge in [0.25, 0.3) is 0 Å². The molecule has 0 radical (unpaired) electrons. The van der Waals surface area contributed by atoms with E-state index < -0.39 is 39.9 Å². The number of ether oxygens (including phenoxy) is 1. The Morgan fingerprint density at radius 3 is 2.28 bits per heavy atom. The van der Waals surface area contributed by atoms with Gasteiger partial charge in [-0.1, -0.05) is 18.2 Å². The van der Waals surface area contributed by atoms with Crippen molar-refractivity contribution >= 4 is 32.8 Å². The number of alkyl halides is 3. The molecule has 11 heteroatoms. The molecule has 0 aliphatic carbocycles. The number of fused-ring (bicyclic) bond motifs is 1. The molecule has 0 saturated carbocycles. The minimum Gasteiger partial charge on any atom is -0.441 e. The zero-order valence-electron chi connectivity index (χ0n) is 14.9. The maximum atomic E-state index is 12.4. The van der Waals surface area contributed by atoms with E-state index in [9.17, 15) is 31.2 Å². The van der Waals surface area contributed by atoms with Crippen LogP contribution in [0.4, 0.5) is 18.0 Å². The van der Waals surface area contributed by atoms with Crippen molar-refractivity contribution < 1.29 is 40.1 Å². The highest BCUT2D eigenvalue weighted by atomic mass is 32.2. The van der Waals surface area contributed by atoms with Gasteiger partial charge in [0.05, 0.1) is 0 Å². The van der Waals surface area contributed by atoms with Gasteiger partial charge < -0.3 is 13.8 Å². The Hall–Kier alpha value is -2.82. The van der Waals surface area contributed by atoms with E-state index in [1.165, 1.54) is 29.2 Å². The van der Waals surface area contributed by atoms with Crippen molar-refractivity contribution in [2.24, 2.45) is 0 Å². The van der Waals surface area contributed by atoms with E-state index in [4.69, 9.17) is 4.74 Å². The number of hydrogen-bond acceptors (Lipinski definition) is 6. The molecular formula is C18H16F3NO6S. The smallest absolute Gasteiger partial charge is 0.441 e. The van der Waals surface area contributed by atoms with Crippen molar-refractivity contribution in [3.8, 4) is 5.75 Å². The van der Waals surface area contributed by atoms with Crippen molar-refractivity contribution in [1.29, 1.82) is 0 Å². The molecule has 3 rings (SSSR count). The summed E-state index contributed by atoms with van der Waals surface area (Å²) in [5, 5.41) is 0.837. The maximum absolute atomic E-state index is 12.4. The molecule has 0 atom stereocenters. The number of nitrogens with zero attached hydrogens (tertiary/aromatic N) is 1. The lowest BCUT2D eigenvalue weighted by Crippen LogP contribution is -2.30. The van der Waals surface area contributed by atoms with Gasteiger partial charge in [-0.25, -0.2) is 4.79 Å². The van der Waals surface area contributed by atoms with Crippen molar-refractivity contribution in [2.45, 2.75) is 18.3 Å². The van der Waals surface area contributed by atoms with Gasteiger partial charge in [0, 0.05) is 18.7 Å². The second-order valence-electron chi connectivity index (χ2n) is 6.38. The molecular weight excluding hydrogens is 415 g/mol. The van der Waals surface area contributed by atoms with Crippen LogP contribution >= 0.6 is 0 Å². The van der Waals surface area contributed by atoms with Crippen LogP contribution in [0.1, 0.15) is 23.2 Å². The molecule has 1 amide bonds. The fourth-order valence-electron chi connectivity index (χ4n) is 2.82. The van der Waals surface area contributed by atoms with E-state index in [0.29, 0.717) is 23.9 Å². The van der Waals surface area contributed by atoms with Crippen LogP contribution < -0.4 is 4.18 Å². The lowest BCUT2D eigenvalue weighted by Gasteiger charge is -2.14. The molecule has 7 nitrogen and oxygen atoms in total. The molecule has 1 fully saturated rings. The van der Waals surface area contributed by atoms with Gasteiger partial charge >= 0.3 is 21.7 Å². The maximum Gasteiger partial charge on any atom is 0.534 e. The highest BCUT2D eigenvalue weighted by Gasteiger charge is 2.48. The molecule has 0 spiro atoms. The van der Waals surface area contributed by atoms with Crippen molar-refractivity contribution in [3.05, 3.63) is 42.0 Å². The summed E-state index contributed by atoms with van der Waals surface area (Å²) in [5.41, 5.74) is -5.30. The normalized spacial score (nSPS) is 14.8. The van der Waals surface area contributed by atoms with E-state index in [-0.39, 0.29) is 5.56 Å². The van der Waals surface area contributed by atoms with E-state index >= 15 is 0 Å². The van der Waals surface area contributed by atoms with Gasteiger partial charge in [-0.2, -0.15) is 21.6 Å². The van der Waals surface area contributed by atoms with Crippen LogP contribution in [0.5, 0.6) is 5.75 Å². The summed E-state index contributed by atoms with van der Waals surface area (Å²) < 4.78 is 68.5. The monoisotopic (exact) mass is 431 g/mol. The SMILES string of the molecule is O=C(COC(=O)N1CCCC1)c1ccc2cc(OS(=O)(=O)C(F)(F)F)ccc2c1. The number of carbonyl (C=O) groups excluding carboxylic acids is 2. The number of Topliss-reactive ketones (excluding diaryl/α,β-unsaturated/α-hetero) is 1. The zero-order chi connectivity index (χ0) is 21.2. The Balaban J connectivity index is 1.70. The first-order valence-corrected chi connectivity index (χ1v) is 9.97. The average Bonchev–Trinajstić information content (AvgIpc) is 3.19. The Morgan fingerprint density at radius 1 is 1.00 bits per heavy atom. The summed E-state index contributed by atoms with van der Waals surface area (Å²) in [6.45, 7) is 0.751. The molecule has 1 aliphatic heterocycles. The number of rotatable bonds is 5. The van der Waals surface area contributed by atoms with Gasteiger partial charge in [-0.05, 0) is 41.8 Å². The van der Waals surface area contributed by atoms with Crippen LogP contribution in [-0.4, -0.2) is 50.4 Å². The summed E-state index contributed by atoms with van der Waals surface area (Å²) in [5.74, 6) is -0.951. The molecule has 156 valence electrons. The second-order valence-corrected chi connectivity index (χ2v) is 7.92. The van der Waals surface area contributed by atoms with Crippen LogP contribution in [0.15, 0.2) is 36.4 Å². The molecule has 0 unspecified atom stereocenters. The van der Waals surface area contributed by atoms with Crippen LogP contribution in [-0.2, 0) is 14.9 Å². The molecule has 0 N–H and O–H groups in total. The van der Waals surface area contributed by atoms with Crippen molar-refractivity contribution in [2.75, 3.05) is 19.7 Å². The number of carbonyl (C=O) groups is 2. The summed E-state index contributed by atoms with van der Waals surface area (Å²) in [6, 6.07) is 7.77. The third-order valence-corrected chi connectivity index (χ3v) is 5.29. The number of amides is 1. The van der Waals surface area contributed by atoms with Gasteiger partial charge in [0.1, 0.15) is 5.75 Å². The van der Waals surface area contributed by atoms with Gasteiger partial charge in [-0.15, -0.1) is 0 Å². The summed E-state index contributed by atoms with van der Waals surface area (Å²) in [6.07, 6.45) is 1.23. The minimum absolute atomic E-state index is 0.239. The largest absolute Gasteiger partial charge is 0.534 e. The topological polar surface area (TPSA) is 90.0 Å². The average molecular weight is 431 g/mol. The molecule has 2 aromatic carbocycles. The van der Waals surface area contributed by atoms with Crippen molar-refractivity contribution in [3.63, 3.8) is 0 Å². The lowest BCUT2D eigenvalue weighted by atomic mass is 10.0. The van der Waals surface area contributed by atoms with Gasteiger partial charge in [0.2, 0.25) is 0 Å². The zero-order valence-corrected chi connectivity index (χ0v) is 15.8. The molecule has 2 aromatic rings. The molecule has 0 aromatic heterocycles. The number of benzene rings is 2. The quantitative estimate of drug-likeness (QED) is 0.409. The van der Waals surface area contributed by atoms with Crippen LogP contribution in [0, 0.1) is 0 Å².